The van der Waals surface area contributed by atoms with Crippen LogP contribution in [-0.2, 0) is 0 Å². The number of hydrogen-bond donors (Lipinski definition) is 4. The van der Waals surface area contributed by atoms with Gasteiger partial charge in [0.1, 0.15) is 0 Å². The quantitative estimate of drug-likeness (QED) is 0.513. The molecule has 0 unspecified atom stereocenters. The molecule has 0 heterocycles. The summed E-state index contributed by atoms with van der Waals surface area (Å²) in [5.41, 5.74) is -1.31. The summed E-state index contributed by atoms with van der Waals surface area (Å²) in [5.74, 6) is -1.49. The van der Waals surface area contributed by atoms with Gasteiger partial charge in [-0.1, -0.05) is 55.4 Å². The van der Waals surface area contributed by atoms with Crippen LogP contribution in [0.15, 0.2) is 0 Å². The van der Waals surface area contributed by atoms with Gasteiger partial charge in [0.15, 0.2) is 5.79 Å². The number of aliphatic hydroxyl groups is 4. The van der Waals surface area contributed by atoms with Crippen LogP contribution in [0.1, 0.15) is 61.8 Å². The molecule has 0 spiro atoms. The van der Waals surface area contributed by atoms with Crippen molar-refractivity contribution in [3.8, 4) is 0 Å². The van der Waals surface area contributed by atoms with E-state index in [0.29, 0.717) is 0 Å². The minimum absolute atomic E-state index is 0.316. The lowest BCUT2D eigenvalue weighted by atomic mass is 9.51. The summed E-state index contributed by atoms with van der Waals surface area (Å²) in [7, 11) is 0. The molecule has 0 aliphatic heterocycles. The Hall–Kier alpha value is -0.160. The lowest BCUT2D eigenvalue weighted by molar-refractivity contribution is -0.367. The molecule has 0 amide bonds. The topological polar surface area (TPSA) is 80.9 Å². The van der Waals surface area contributed by atoms with E-state index in [1.165, 1.54) is 0 Å². The molecule has 2 aliphatic rings. The van der Waals surface area contributed by atoms with Gasteiger partial charge in [0.05, 0.1) is 12.2 Å². The van der Waals surface area contributed by atoms with Crippen molar-refractivity contribution >= 4 is 0 Å². The van der Waals surface area contributed by atoms with Crippen molar-refractivity contribution in [1.82, 2.24) is 0 Å². The summed E-state index contributed by atoms with van der Waals surface area (Å²) in [6.45, 7) is 15.0. The summed E-state index contributed by atoms with van der Waals surface area (Å²) in [6.07, 6.45) is 0.109. The minimum atomic E-state index is -1.49. The van der Waals surface area contributed by atoms with E-state index in [9.17, 15) is 20.4 Å². The Bertz CT molecular complexity index is 330. The Morgan fingerprint density at radius 3 is 0.950 bits per heavy atom. The third-order valence-corrected chi connectivity index (χ3v) is 5.59. The molecule has 20 heavy (non-hydrogen) atoms. The smallest absolute Gasteiger partial charge is 0.172 e. The van der Waals surface area contributed by atoms with E-state index in [1.807, 2.05) is 55.4 Å². The highest BCUT2D eigenvalue weighted by Gasteiger charge is 2.64. The van der Waals surface area contributed by atoms with Crippen LogP contribution in [0, 0.1) is 21.7 Å². The van der Waals surface area contributed by atoms with Gasteiger partial charge in [0.25, 0.3) is 0 Å². The van der Waals surface area contributed by atoms with Crippen molar-refractivity contribution in [2.24, 2.45) is 21.7 Å². The molecule has 4 N–H and O–H groups in total. The maximum Gasteiger partial charge on any atom is 0.172 e. The predicted molar refractivity (Wildman–Crippen MR) is 78.9 cm³/mol. The second kappa shape index (κ2) is 4.42. The lowest BCUT2D eigenvalue weighted by Crippen LogP contribution is -2.67. The predicted octanol–water partition coefficient (Wildman–Crippen LogP) is 1.90. The van der Waals surface area contributed by atoms with Crippen LogP contribution >= 0.6 is 0 Å². The zero-order valence-electron chi connectivity index (χ0n) is 14.2. The third kappa shape index (κ3) is 2.21. The maximum atomic E-state index is 9.52. The molecule has 0 bridgehead atoms. The zero-order chi connectivity index (χ0) is 16.4. The molecule has 2 saturated carbocycles. The van der Waals surface area contributed by atoms with Gasteiger partial charge < -0.3 is 20.4 Å². The summed E-state index contributed by atoms with van der Waals surface area (Å²) in [6, 6.07) is 0. The van der Waals surface area contributed by atoms with Crippen LogP contribution < -0.4 is 0 Å². The Morgan fingerprint density at radius 1 is 0.650 bits per heavy atom. The molecule has 0 aromatic rings. The average Bonchev–Trinajstić information content (AvgIpc) is 2.25. The van der Waals surface area contributed by atoms with Gasteiger partial charge in [-0.2, -0.15) is 0 Å². The van der Waals surface area contributed by atoms with Crippen LogP contribution in [-0.4, -0.2) is 38.4 Å². The number of aliphatic hydroxyl groups excluding tert-OH is 2. The van der Waals surface area contributed by atoms with E-state index < -0.39 is 5.79 Å². The SMILES string of the molecule is CC1(C)C(O)C(C)(C)C1O.CC1(C)CC(C)(C)C1(O)O. The van der Waals surface area contributed by atoms with Gasteiger partial charge in [-0.25, -0.2) is 0 Å². The second-order valence-corrected chi connectivity index (χ2v) is 9.06. The van der Waals surface area contributed by atoms with Crippen molar-refractivity contribution in [2.45, 2.75) is 79.8 Å². The van der Waals surface area contributed by atoms with E-state index in [0.717, 1.165) is 6.42 Å². The number of hydrogen-bond acceptors (Lipinski definition) is 4. The van der Waals surface area contributed by atoms with Crippen LogP contribution in [0.25, 0.3) is 0 Å². The van der Waals surface area contributed by atoms with Gasteiger partial charge in [-0.15, -0.1) is 0 Å². The van der Waals surface area contributed by atoms with Crippen molar-refractivity contribution in [3.05, 3.63) is 0 Å². The summed E-state index contributed by atoms with van der Waals surface area (Å²) in [5, 5.41) is 38.1. The molecule has 2 aliphatic carbocycles. The standard InChI is InChI=1S/2C8H16O2/c1-7(2)5(9)8(3,4)6(7)10;1-6(2)5-7(3,4)8(6,9)10/h5-6,9-10H,1-4H3;9-10H,5H2,1-4H3. The molecular weight excluding hydrogens is 256 g/mol. The molecule has 0 aromatic heterocycles. The fourth-order valence-corrected chi connectivity index (χ4v) is 4.28. The van der Waals surface area contributed by atoms with Crippen molar-refractivity contribution in [1.29, 1.82) is 0 Å². The fourth-order valence-electron chi connectivity index (χ4n) is 4.28. The minimum Gasteiger partial charge on any atom is -0.392 e. The molecule has 0 saturated heterocycles. The maximum absolute atomic E-state index is 9.52. The van der Waals surface area contributed by atoms with Gasteiger partial charge >= 0.3 is 0 Å². The molecule has 0 atom stereocenters. The van der Waals surface area contributed by atoms with Crippen LogP contribution in [0.5, 0.6) is 0 Å². The second-order valence-electron chi connectivity index (χ2n) is 9.06. The highest BCUT2D eigenvalue weighted by molar-refractivity contribution is 5.10. The van der Waals surface area contributed by atoms with Crippen LogP contribution in [0.2, 0.25) is 0 Å². The number of rotatable bonds is 0. The first-order chi connectivity index (χ1) is 8.52. The van der Waals surface area contributed by atoms with E-state index in [4.69, 9.17) is 0 Å². The summed E-state index contributed by atoms with van der Waals surface area (Å²) >= 11 is 0. The first-order valence-electron chi connectivity index (χ1n) is 7.33. The van der Waals surface area contributed by atoms with Crippen molar-refractivity contribution in [2.75, 3.05) is 0 Å². The van der Waals surface area contributed by atoms with Gasteiger partial charge in [0.2, 0.25) is 0 Å². The first-order valence-corrected chi connectivity index (χ1v) is 7.33. The average molecular weight is 288 g/mol. The van der Waals surface area contributed by atoms with Gasteiger partial charge in [-0.3, -0.25) is 0 Å². The van der Waals surface area contributed by atoms with Crippen LogP contribution in [0.3, 0.4) is 0 Å². The normalized spacial score (nSPS) is 37.8. The first kappa shape index (κ1) is 17.9. The highest BCUT2D eigenvalue weighted by Crippen LogP contribution is 2.59. The molecular formula is C16H32O4. The van der Waals surface area contributed by atoms with Crippen molar-refractivity contribution in [3.63, 3.8) is 0 Å². The molecule has 120 valence electrons. The molecule has 4 nitrogen and oxygen atoms in total. The van der Waals surface area contributed by atoms with E-state index in [-0.39, 0.29) is 33.9 Å². The largest absolute Gasteiger partial charge is 0.392 e. The summed E-state index contributed by atoms with van der Waals surface area (Å²) < 4.78 is 0. The highest BCUT2D eigenvalue weighted by atomic mass is 16.5. The Morgan fingerprint density at radius 2 is 0.900 bits per heavy atom. The Balaban J connectivity index is 0.000000200. The van der Waals surface area contributed by atoms with E-state index >= 15 is 0 Å². The van der Waals surface area contributed by atoms with Crippen LogP contribution in [0.4, 0.5) is 0 Å². The third-order valence-electron chi connectivity index (χ3n) is 5.59. The van der Waals surface area contributed by atoms with E-state index in [1.54, 1.807) is 0 Å². The van der Waals surface area contributed by atoms with Crippen molar-refractivity contribution < 1.29 is 20.4 Å². The monoisotopic (exact) mass is 288 g/mol. The fraction of sp³-hybridized carbons (Fsp3) is 1.00. The van der Waals surface area contributed by atoms with Gasteiger partial charge in [0, 0.05) is 21.7 Å². The van der Waals surface area contributed by atoms with Gasteiger partial charge in [-0.05, 0) is 6.42 Å². The Kier molecular flexibility index (Phi) is 3.95. The summed E-state index contributed by atoms with van der Waals surface area (Å²) in [4.78, 5) is 0. The molecule has 0 radical (unpaired) electrons. The molecule has 2 rings (SSSR count). The molecule has 2 fully saturated rings. The Labute approximate surface area is 122 Å². The molecule has 0 aromatic carbocycles. The zero-order valence-corrected chi connectivity index (χ0v) is 14.2. The lowest BCUT2D eigenvalue weighted by Gasteiger charge is -2.60. The van der Waals surface area contributed by atoms with E-state index in [2.05, 4.69) is 0 Å². The molecule has 4 heteroatoms.